The van der Waals surface area contributed by atoms with Gasteiger partial charge in [-0.25, -0.2) is 0 Å². The summed E-state index contributed by atoms with van der Waals surface area (Å²) in [6.07, 6.45) is 3.06. The van der Waals surface area contributed by atoms with Gasteiger partial charge in [0.25, 0.3) is 5.91 Å². The van der Waals surface area contributed by atoms with Crippen molar-refractivity contribution < 1.29 is 14.3 Å². The van der Waals surface area contributed by atoms with Crippen molar-refractivity contribution >= 4 is 17.5 Å². The fourth-order valence-corrected chi connectivity index (χ4v) is 2.53. The summed E-state index contributed by atoms with van der Waals surface area (Å²) in [5, 5.41) is 6.51. The minimum Gasteiger partial charge on any atom is -0.493 e. The molecule has 0 atom stereocenters. The Balaban J connectivity index is 2.08. The Morgan fingerprint density at radius 1 is 1.45 bits per heavy atom. The fourth-order valence-electron chi connectivity index (χ4n) is 2.26. The average Bonchev–Trinajstić information content (AvgIpc) is 2.55. The first kappa shape index (κ1) is 16.6. The van der Waals surface area contributed by atoms with Gasteiger partial charge in [0, 0.05) is 18.7 Å². The maximum Gasteiger partial charge on any atom is 0.251 e. The van der Waals surface area contributed by atoms with Crippen molar-refractivity contribution in [3.05, 3.63) is 34.4 Å². The molecule has 0 saturated carbocycles. The van der Waals surface area contributed by atoms with Crippen LogP contribution in [0.3, 0.4) is 0 Å². The maximum absolute atomic E-state index is 12.3. The van der Waals surface area contributed by atoms with Crippen molar-refractivity contribution in [3.63, 3.8) is 0 Å². The lowest BCUT2D eigenvalue weighted by atomic mass is 10.1. The van der Waals surface area contributed by atoms with E-state index in [0.29, 0.717) is 35.2 Å². The largest absolute Gasteiger partial charge is 0.493 e. The molecule has 22 heavy (non-hydrogen) atoms. The third-order valence-electron chi connectivity index (χ3n) is 3.41. The molecule has 0 fully saturated rings. The molecule has 1 aliphatic rings. The van der Waals surface area contributed by atoms with Crippen molar-refractivity contribution in [3.8, 4) is 11.5 Å². The standard InChI is InChI=1S/C16H21ClN2O3/c1-3-22-15-13(17)8-12(9-14(15)21-2)16(20)19-10-11-4-6-18-7-5-11/h4,8-9,18H,3,5-7,10H2,1-2H3,(H,19,20). The van der Waals surface area contributed by atoms with Gasteiger partial charge in [-0.2, -0.15) is 0 Å². The summed E-state index contributed by atoms with van der Waals surface area (Å²) < 4.78 is 10.7. The number of ether oxygens (including phenoxy) is 2. The number of benzene rings is 1. The third kappa shape index (κ3) is 4.15. The van der Waals surface area contributed by atoms with Crippen LogP contribution in [-0.2, 0) is 0 Å². The Kier molecular flexibility index (Phi) is 6.10. The summed E-state index contributed by atoms with van der Waals surface area (Å²) in [6, 6.07) is 3.24. The molecule has 6 heteroatoms. The molecular formula is C16H21ClN2O3. The van der Waals surface area contributed by atoms with E-state index in [1.54, 1.807) is 12.1 Å². The minimum absolute atomic E-state index is 0.178. The zero-order valence-electron chi connectivity index (χ0n) is 12.9. The first-order valence-corrected chi connectivity index (χ1v) is 7.70. The highest BCUT2D eigenvalue weighted by Gasteiger charge is 2.16. The number of hydrogen-bond acceptors (Lipinski definition) is 4. The van der Waals surface area contributed by atoms with E-state index in [2.05, 4.69) is 16.7 Å². The number of halogens is 1. The van der Waals surface area contributed by atoms with Crippen molar-refractivity contribution in [1.29, 1.82) is 0 Å². The van der Waals surface area contributed by atoms with Gasteiger partial charge < -0.3 is 20.1 Å². The highest BCUT2D eigenvalue weighted by molar-refractivity contribution is 6.32. The zero-order chi connectivity index (χ0) is 15.9. The summed E-state index contributed by atoms with van der Waals surface area (Å²) >= 11 is 6.18. The molecule has 0 bridgehead atoms. The van der Waals surface area contributed by atoms with Gasteiger partial charge in [-0.15, -0.1) is 0 Å². The predicted octanol–water partition coefficient (Wildman–Crippen LogP) is 2.40. The average molecular weight is 325 g/mol. The fraction of sp³-hybridized carbons (Fsp3) is 0.438. The Bertz CT molecular complexity index is 573. The number of rotatable bonds is 6. The molecule has 2 N–H and O–H groups in total. The van der Waals surface area contributed by atoms with Gasteiger partial charge in [0.2, 0.25) is 0 Å². The molecule has 1 aliphatic heterocycles. The normalized spacial score (nSPS) is 14.2. The van der Waals surface area contributed by atoms with Crippen LogP contribution >= 0.6 is 11.6 Å². The lowest BCUT2D eigenvalue weighted by Gasteiger charge is -2.16. The van der Waals surface area contributed by atoms with E-state index in [9.17, 15) is 4.79 Å². The SMILES string of the molecule is CCOc1c(Cl)cc(C(=O)NCC2=CCNCC2)cc1OC. The molecule has 1 aromatic carbocycles. The van der Waals surface area contributed by atoms with Gasteiger partial charge in [0.1, 0.15) is 0 Å². The number of carbonyl (C=O) groups is 1. The van der Waals surface area contributed by atoms with Gasteiger partial charge >= 0.3 is 0 Å². The van der Waals surface area contributed by atoms with E-state index >= 15 is 0 Å². The first-order valence-electron chi connectivity index (χ1n) is 7.32. The molecule has 120 valence electrons. The van der Waals surface area contributed by atoms with Crippen molar-refractivity contribution in [2.75, 3.05) is 33.4 Å². The summed E-state index contributed by atoms with van der Waals surface area (Å²) in [4.78, 5) is 12.3. The van der Waals surface area contributed by atoms with Crippen LogP contribution in [0.5, 0.6) is 11.5 Å². The Morgan fingerprint density at radius 2 is 2.27 bits per heavy atom. The highest BCUT2D eigenvalue weighted by atomic mass is 35.5. The van der Waals surface area contributed by atoms with Crippen LogP contribution in [0.1, 0.15) is 23.7 Å². The Labute approximate surface area is 135 Å². The second kappa shape index (κ2) is 8.06. The van der Waals surface area contributed by atoms with Gasteiger partial charge in [-0.05, 0) is 32.0 Å². The van der Waals surface area contributed by atoms with Gasteiger partial charge in [0.05, 0.1) is 18.7 Å². The van der Waals surface area contributed by atoms with Crippen molar-refractivity contribution in [2.45, 2.75) is 13.3 Å². The van der Waals surface area contributed by atoms with Crippen LogP contribution in [-0.4, -0.2) is 39.3 Å². The van der Waals surface area contributed by atoms with Crippen LogP contribution in [0.25, 0.3) is 0 Å². The molecule has 0 unspecified atom stereocenters. The van der Waals surface area contributed by atoms with E-state index in [1.165, 1.54) is 12.7 Å². The summed E-state index contributed by atoms with van der Waals surface area (Å²) in [6.45, 7) is 4.69. The monoisotopic (exact) mass is 324 g/mol. The minimum atomic E-state index is -0.178. The predicted molar refractivity (Wildman–Crippen MR) is 87.1 cm³/mol. The molecule has 1 amide bonds. The lowest BCUT2D eigenvalue weighted by Crippen LogP contribution is -2.29. The zero-order valence-corrected chi connectivity index (χ0v) is 13.6. The molecule has 0 aromatic heterocycles. The van der Waals surface area contributed by atoms with E-state index in [0.717, 1.165) is 19.5 Å². The lowest BCUT2D eigenvalue weighted by molar-refractivity contribution is 0.0956. The van der Waals surface area contributed by atoms with Gasteiger partial charge in [-0.3, -0.25) is 4.79 Å². The molecule has 0 saturated heterocycles. The number of hydrogen-bond donors (Lipinski definition) is 2. The molecule has 0 radical (unpaired) electrons. The topological polar surface area (TPSA) is 59.6 Å². The van der Waals surface area contributed by atoms with Gasteiger partial charge in [-0.1, -0.05) is 23.3 Å². The Morgan fingerprint density at radius 3 is 2.91 bits per heavy atom. The molecule has 1 heterocycles. The second-order valence-electron chi connectivity index (χ2n) is 4.92. The van der Waals surface area contributed by atoms with Crippen LogP contribution in [0, 0.1) is 0 Å². The number of amides is 1. The maximum atomic E-state index is 12.3. The molecule has 0 aliphatic carbocycles. The van der Waals surface area contributed by atoms with Crippen LogP contribution in [0.2, 0.25) is 5.02 Å². The van der Waals surface area contributed by atoms with E-state index in [4.69, 9.17) is 21.1 Å². The van der Waals surface area contributed by atoms with Crippen LogP contribution < -0.4 is 20.1 Å². The van der Waals surface area contributed by atoms with Crippen LogP contribution in [0.4, 0.5) is 0 Å². The molecule has 0 spiro atoms. The van der Waals surface area contributed by atoms with Crippen molar-refractivity contribution in [1.82, 2.24) is 10.6 Å². The molecule has 2 rings (SSSR count). The van der Waals surface area contributed by atoms with Crippen molar-refractivity contribution in [2.24, 2.45) is 0 Å². The number of methoxy groups -OCH3 is 1. The molecular weight excluding hydrogens is 304 g/mol. The van der Waals surface area contributed by atoms with Gasteiger partial charge in [0.15, 0.2) is 11.5 Å². The summed E-state index contributed by atoms with van der Waals surface area (Å²) in [5.74, 6) is 0.743. The van der Waals surface area contributed by atoms with E-state index in [1.807, 2.05) is 6.92 Å². The summed E-state index contributed by atoms with van der Waals surface area (Å²) in [5.41, 5.74) is 1.69. The summed E-state index contributed by atoms with van der Waals surface area (Å²) in [7, 11) is 1.52. The number of nitrogens with one attached hydrogen (secondary N) is 2. The van der Waals surface area contributed by atoms with Crippen LogP contribution in [0.15, 0.2) is 23.8 Å². The smallest absolute Gasteiger partial charge is 0.251 e. The third-order valence-corrected chi connectivity index (χ3v) is 3.70. The second-order valence-corrected chi connectivity index (χ2v) is 5.33. The van der Waals surface area contributed by atoms with E-state index in [-0.39, 0.29) is 5.91 Å². The molecule has 5 nitrogen and oxygen atoms in total. The quantitative estimate of drug-likeness (QED) is 0.789. The van der Waals surface area contributed by atoms with E-state index < -0.39 is 0 Å². The number of carbonyl (C=O) groups excluding carboxylic acids is 1. The first-order chi connectivity index (χ1) is 10.7. The Hall–Kier alpha value is -1.72. The molecule has 1 aromatic rings. The highest BCUT2D eigenvalue weighted by Crippen LogP contribution is 2.36.